The number of thiocarbonyl (C=S) groups is 1. The van der Waals surface area contributed by atoms with E-state index in [1.165, 1.54) is 0 Å². The third-order valence-corrected chi connectivity index (χ3v) is 6.94. The molecule has 0 aliphatic heterocycles. The molecule has 0 atom stereocenters. The lowest BCUT2D eigenvalue weighted by atomic mass is 9.71. The minimum Gasteiger partial charge on any atom is -0.493 e. The molecule has 0 spiro atoms. The number of aryl methyl sites for hydroxylation is 2. The van der Waals surface area contributed by atoms with E-state index in [0.29, 0.717) is 52.8 Å². The van der Waals surface area contributed by atoms with Crippen LogP contribution in [0.1, 0.15) is 71.3 Å². The molecule has 9 heteroatoms. The Bertz CT molecular complexity index is 1340. The molecule has 0 bridgehead atoms. The van der Waals surface area contributed by atoms with E-state index >= 15 is 0 Å². The fourth-order valence-electron chi connectivity index (χ4n) is 5.06. The summed E-state index contributed by atoms with van der Waals surface area (Å²) in [4.78, 5) is 36.3. The number of anilines is 1. The Morgan fingerprint density at radius 2 is 2.03 bits per heavy atom. The maximum absolute atomic E-state index is 13.1. The number of nitrogens with zero attached hydrogens (tertiary/aromatic N) is 4. The van der Waals surface area contributed by atoms with E-state index < -0.39 is 5.54 Å². The number of H-pyrrole nitrogens is 1. The van der Waals surface area contributed by atoms with Gasteiger partial charge in [-0.05, 0) is 64.7 Å². The van der Waals surface area contributed by atoms with Gasteiger partial charge in [-0.3, -0.25) is 9.59 Å². The van der Waals surface area contributed by atoms with Gasteiger partial charge in [-0.2, -0.15) is 0 Å². The largest absolute Gasteiger partial charge is 0.493 e. The molecule has 8 nitrogen and oxygen atoms in total. The summed E-state index contributed by atoms with van der Waals surface area (Å²) < 4.78 is 7.56. The summed E-state index contributed by atoms with van der Waals surface area (Å²) in [5, 5.41) is 4.78. The molecule has 35 heavy (non-hydrogen) atoms. The smallest absolute Gasteiger partial charge is 0.277 e. The first-order chi connectivity index (χ1) is 16.8. The second-order valence-corrected chi connectivity index (χ2v) is 9.65. The van der Waals surface area contributed by atoms with E-state index in [9.17, 15) is 9.59 Å². The lowest BCUT2D eigenvalue weighted by molar-refractivity contribution is -0.126. The Balaban J connectivity index is 1.92. The molecule has 0 radical (unpaired) electrons. The number of benzene rings is 1. The van der Waals surface area contributed by atoms with Crippen LogP contribution in [0.4, 0.5) is 5.69 Å². The molecule has 2 heterocycles. The summed E-state index contributed by atoms with van der Waals surface area (Å²) >= 11 is 5.65. The van der Waals surface area contributed by atoms with Gasteiger partial charge in [0.25, 0.3) is 5.56 Å². The number of carbonyl (C=O) groups is 1. The third-order valence-electron chi connectivity index (χ3n) is 6.76. The van der Waals surface area contributed by atoms with Gasteiger partial charge >= 0.3 is 0 Å². The Hall–Kier alpha value is -3.07. The highest BCUT2D eigenvalue weighted by atomic mass is 32.1. The van der Waals surface area contributed by atoms with Crippen molar-refractivity contribution in [2.24, 2.45) is 0 Å². The van der Waals surface area contributed by atoms with Crippen molar-refractivity contribution in [3.8, 4) is 17.1 Å². The monoisotopic (exact) mass is 495 g/mol. The topological polar surface area (TPSA) is 92.6 Å². The molecular weight excluding hydrogens is 462 g/mol. The average Bonchev–Trinajstić information content (AvgIpc) is 3.11. The zero-order valence-corrected chi connectivity index (χ0v) is 21.9. The van der Waals surface area contributed by atoms with E-state index in [1.54, 1.807) is 4.52 Å². The van der Waals surface area contributed by atoms with Crippen LogP contribution in [0.15, 0.2) is 23.0 Å². The zero-order chi connectivity index (χ0) is 25.3. The number of hydrogen-bond acceptors (Lipinski definition) is 6. The van der Waals surface area contributed by atoms with Crippen LogP contribution in [0.3, 0.4) is 0 Å². The Kier molecular flexibility index (Phi) is 7.07. The first kappa shape index (κ1) is 25.0. The maximum atomic E-state index is 13.1. The molecule has 186 valence electrons. The number of Topliss-reactive ketones (excluding diaryl/α,β-unsaturated/α-hetero) is 1. The van der Waals surface area contributed by atoms with Crippen molar-refractivity contribution < 1.29 is 9.53 Å². The fraction of sp³-hybridized carbons (Fsp3) is 0.500. The molecule has 2 aromatic heterocycles. The highest BCUT2D eigenvalue weighted by Crippen LogP contribution is 2.44. The summed E-state index contributed by atoms with van der Waals surface area (Å²) in [6, 6.07) is 5.70. The van der Waals surface area contributed by atoms with Crippen LogP contribution >= 0.6 is 12.2 Å². The first-order valence-electron chi connectivity index (χ1n) is 12.4. The molecule has 1 aliphatic carbocycles. The summed E-state index contributed by atoms with van der Waals surface area (Å²) in [5.41, 5.74) is 1.65. The molecule has 1 saturated carbocycles. The maximum Gasteiger partial charge on any atom is 0.277 e. The van der Waals surface area contributed by atoms with Gasteiger partial charge < -0.3 is 14.6 Å². The van der Waals surface area contributed by atoms with Crippen LogP contribution in [0.25, 0.3) is 16.9 Å². The third kappa shape index (κ3) is 4.26. The summed E-state index contributed by atoms with van der Waals surface area (Å²) in [6.07, 6.45) is 4.58. The number of aromatic amines is 1. The molecule has 1 fully saturated rings. The summed E-state index contributed by atoms with van der Waals surface area (Å²) in [5.74, 6) is 1.92. The number of carbonyl (C=O) groups excluding carboxylic acids is 1. The van der Waals surface area contributed by atoms with E-state index in [0.717, 1.165) is 37.2 Å². The van der Waals surface area contributed by atoms with Crippen LogP contribution in [0, 0.1) is 6.92 Å². The normalized spacial score (nSPS) is 14.5. The molecule has 1 aliphatic rings. The van der Waals surface area contributed by atoms with Gasteiger partial charge in [-0.15, -0.1) is 5.10 Å². The molecule has 1 aromatic carbocycles. The Labute approximate surface area is 210 Å². The molecule has 1 N–H and O–H groups in total. The number of fused-ring (bicyclic) bond motifs is 1. The molecular formula is C26H33N5O3S. The summed E-state index contributed by atoms with van der Waals surface area (Å²) in [7, 11) is 0. The van der Waals surface area contributed by atoms with E-state index in [4.69, 9.17) is 22.1 Å². The van der Waals surface area contributed by atoms with Gasteiger partial charge in [0.1, 0.15) is 17.1 Å². The molecule has 0 amide bonds. The predicted octanol–water partition coefficient (Wildman–Crippen LogP) is 4.80. The first-order valence-corrected chi connectivity index (χ1v) is 12.8. The van der Waals surface area contributed by atoms with Crippen molar-refractivity contribution in [1.29, 1.82) is 0 Å². The Morgan fingerprint density at radius 3 is 2.60 bits per heavy atom. The lowest BCUT2D eigenvalue weighted by Gasteiger charge is -2.49. The SMILES string of the molecule is CCCc1nc(C)c2c(=O)[nH]c(-c3cc(N(C(C)=S)C4(C(=O)CC)CCC4)ccc3OCC)nn12. The number of rotatable bonds is 9. The fourth-order valence-corrected chi connectivity index (χ4v) is 5.34. The average molecular weight is 496 g/mol. The molecule has 0 unspecified atom stereocenters. The van der Waals surface area contributed by atoms with Crippen molar-refractivity contribution >= 4 is 34.2 Å². The van der Waals surface area contributed by atoms with Gasteiger partial charge in [0.15, 0.2) is 17.1 Å². The van der Waals surface area contributed by atoms with Crippen molar-refractivity contribution in [2.45, 2.75) is 78.7 Å². The van der Waals surface area contributed by atoms with Crippen LogP contribution in [0.2, 0.25) is 0 Å². The van der Waals surface area contributed by atoms with E-state index in [2.05, 4.69) is 16.9 Å². The van der Waals surface area contributed by atoms with Crippen LogP contribution in [0.5, 0.6) is 5.75 Å². The van der Waals surface area contributed by atoms with Gasteiger partial charge in [-0.25, -0.2) is 9.50 Å². The minimum atomic E-state index is -0.620. The van der Waals surface area contributed by atoms with Crippen molar-refractivity contribution in [3.05, 3.63) is 40.1 Å². The molecule has 4 rings (SSSR count). The highest BCUT2D eigenvalue weighted by molar-refractivity contribution is 7.80. The van der Waals surface area contributed by atoms with Crippen LogP contribution in [-0.4, -0.2) is 42.5 Å². The highest BCUT2D eigenvalue weighted by Gasteiger charge is 2.48. The van der Waals surface area contributed by atoms with Crippen LogP contribution < -0.4 is 15.2 Å². The van der Waals surface area contributed by atoms with Gasteiger partial charge in [0.05, 0.1) is 22.9 Å². The molecule has 3 aromatic rings. The summed E-state index contributed by atoms with van der Waals surface area (Å²) in [6.45, 7) is 10.0. The van der Waals surface area contributed by atoms with Gasteiger partial charge in [0, 0.05) is 18.5 Å². The van der Waals surface area contributed by atoms with E-state index in [-0.39, 0.29) is 11.3 Å². The second kappa shape index (κ2) is 9.89. The number of nitrogens with one attached hydrogen (secondary N) is 1. The Morgan fingerprint density at radius 1 is 1.29 bits per heavy atom. The zero-order valence-electron chi connectivity index (χ0n) is 21.1. The number of imidazole rings is 1. The van der Waals surface area contributed by atoms with E-state index in [1.807, 2.05) is 50.8 Å². The number of aromatic nitrogens is 4. The lowest BCUT2D eigenvalue weighted by Crippen LogP contribution is -2.60. The number of ether oxygens (including phenoxy) is 1. The van der Waals surface area contributed by atoms with Gasteiger partial charge in [0.2, 0.25) is 0 Å². The predicted molar refractivity (Wildman–Crippen MR) is 142 cm³/mol. The number of ketones is 1. The van der Waals surface area contributed by atoms with Crippen molar-refractivity contribution in [1.82, 2.24) is 19.6 Å². The number of hydrogen-bond donors (Lipinski definition) is 1. The minimum absolute atomic E-state index is 0.189. The van der Waals surface area contributed by atoms with Crippen LogP contribution in [-0.2, 0) is 11.2 Å². The van der Waals surface area contributed by atoms with Crippen molar-refractivity contribution in [2.75, 3.05) is 11.5 Å². The molecule has 0 saturated heterocycles. The van der Waals surface area contributed by atoms with Crippen molar-refractivity contribution in [3.63, 3.8) is 0 Å². The second-order valence-electron chi connectivity index (χ2n) is 9.06. The quantitative estimate of drug-likeness (QED) is 0.426. The van der Waals surface area contributed by atoms with Gasteiger partial charge in [-0.1, -0.05) is 26.1 Å². The standard InChI is InChI=1S/C26H33N5O3S/c1-6-10-22-27-16(4)23-25(33)28-24(29-31(22)23)19-15-18(11-12-20(19)34-8-3)30(17(5)35)26(13-9-14-26)21(32)7-2/h11-12,15H,6-10,13-14H2,1-5H3,(H,28,29,33).